The molecule has 0 radical (unpaired) electrons. The summed E-state index contributed by atoms with van der Waals surface area (Å²) in [4.78, 5) is 40.3. The summed E-state index contributed by atoms with van der Waals surface area (Å²) < 4.78 is 14.1. The topological polar surface area (TPSA) is 133 Å². The van der Waals surface area contributed by atoms with Crippen LogP contribution in [0.3, 0.4) is 0 Å². The lowest BCUT2D eigenvalue weighted by atomic mass is 10.1. The van der Waals surface area contributed by atoms with E-state index in [4.69, 9.17) is 5.84 Å². The van der Waals surface area contributed by atoms with Gasteiger partial charge in [0.15, 0.2) is 5.16 Å². The van der Waals surface area contributed by atoms with Gasteiger partial charge in [-0.3, -0.25) is 19.7 Å². The summed E-state index contributed by atoms with van der Waals surface area (Å²) in [5.74, 6) is 4.32. The molecule has 2 heterocycles. The highest BCUT2D eigenvalue weighted by atomic mass is 32.2. The van der Waals surface area contributed by atoms with Crippen LogP contribution in [0.1, 0.15) is 0 Å². The highest BCUT2D eigenvalue weighted by molar-refractivity contribution is 7.99. The van der Waals surface area contributed by atoms with Crippen molar-refractivity contribution in [2.24, 2.45) is 0 Å². The second kappa shape index (κ2) is 8.77. The molecule has 2 aromatic heterocycles. The van der Waals surface area contributed by atoms with Crippen LogP contribution in [-0.4, -0.2) is 26.2 Å². The number of nitrogens with two attached hydrogens (primary N) is 1. The first-order chi connectivity index (χ1) is 15.3. The van der Waals surface area contributed by atoms with Gasteiger partial charge in [-0.2, -0.15) is 0 Å². The van der Waals surface area contributed by atoms with Crippen molar-refractivity contribution in [3.8, 4) is 11.1 Å². The largest absolute Gasteiger partial charge is 0.334 e. The van der Waals surface area contributed by atoms with E-state index in [1.807, 2.05) is 35.7 Å². The van der Waals surface area contributed by atoms with E-state index in [0.717, 1.165) is 45.8 Å². The van der Waals surface area contributed by atoms with Crippen LogP contribution >= 0.6 is 23.1 Å². The molecule has 0 aliphatic carbocycles. The summed E-state index contributed by atoms with van der Waals surface area (Å²) in [5.41, 5.74) is 0.428. The van der Waals surface area contributed by atoms with Gasteiger partial charge >= 0.3 is 0 Å². The van der Waals surface area contributed by atoms with E-state index in [1.165, 1.54) is 11.3 Å². The first kappa shape index (κ1) is 21.5. The molecule has 4 rings (SSSR count). The standard InChI is InChI=1S/C20H14FN5O4S2/c21-12-6-7-14(15(8-12)26(29)30)23-16(27)10-32-20-24-18-17(19(28)25(20)22)13(9-31-18)11-4-2-1-3-5-11/h1-9H,10,22H2,(H,23,27). The van der Waals surface area contributed by atoms with Gasteiger partial charge in [-0.15, -0.1) is 11.3 Å². The number of thioether (sulfide) groups is 1. The van der Waals surface area contributed by atoms with Crippen molar-refractivity contribution in [2.45, 2.75) is 5.16 Å². The van der Waals surface area contributed by atoms with Crippen molar-refractivity contribution in [3.05, 3.63) is 80.2 Å². The average Bonchev–Trinajstić information content (AvgIpc) is 3.21. The fourth-order valence-corrected chi connectivity index (χ4v) is 4.70. The van der Waals surface area contributed by atoms with Crippen molar-refractivity contribution in [1.82, 2.24) is 9.66 Å². The number of hydrogen-bond acceptors (Lipinski definition) is 8. The summed E-state index contributed by atoms with van der Waals surface area (Å²) in [5, 5.41) is 15.8. The number of nitro benzene ring substituents is 1. The highest BCUT2D eigenvalue weighted by Crippen LogP contribution is 2.32. The van der Waals surface area contributed by atoms with Crippen molar-refractivity contribution in [2.75, 3.05) is 16.9 Å². The summed E-state index contributed by atoms with van der Waals surface area (Å²) in [6.07, 6.45) is 0. The van der Waals surface area contributed by atoms with Crippen LogP contribution in [0, 0.1) is 15.9 Å². The zero-order valence-corrected chi connectivity index (χ0v) is 17.8. The van der Waals surface area contributed by atoms with Crippen molar-refractivity contribution in [1.29, 1.82) is 0 Å². The Morgan fingerprint density at radius 3 is 2.75 bits per heavy atom. The minimum atomic E-state index is -0.792. The number of amides is 1. The van der Waals surface area contributed by atoms with E-state index in [1.54, 1.807) is 0 Å². The molecule has 12 heteroatoms. The first-order valence-electron chi connectivity index (χ1n) is 9.06. The zero-order valence-electron chi connectivity index (χ0n) is 16.1. The van der Waals surface area contributed by atoms with E-state index >= 15 is 0 Å². The summed E-state index contributed by atoms with van der Waals surface area (Å²) in [7, 11) is 0. The second-order valence-electron chi connectivity index (χ2n) is 6.52. The third kappa shape index (κ3) is 4.18. The van der Waals surface area contributed by atoms with Crippen molar-refractivity contribution >= 4 is 50.6 Å². The molecule has 0 aliphatic heterocycles. The Hall–Kier alpha value is -3.77. The number of carbonyl (C=O) groups is 1. The van der Waals surface area contributed by atoms with Crippen LogP contribution < -0.4 is 16.7 Å². The molecule has 9 nitrogen and oxygen atoms in total. The van der Waals surface area contributed by atoms with Crippen LogP contribution in [-0.2, 0) is 4.79 Å². The Kier molecular flexibility index (Phi) is 5.88. The number of rotatable bonds is 6. The first-order valence-corrected chi connectivity index (χ1v) is 10.9. The van der Waals surface area contributed by atoms with Crippen molar-refractivity contribution in [3.63, 3.8) is 0 Å². The maximum Gasteiger partial charge on any atom is 0.295 e. The molecule has 1 amide bonds. The zero-order chi connectivity index (χ0) is 22.8. The maximum absolute atomic E-state index is 13.3. The molecule has 0 saturated carbocycles. The Morgan fingerprint density at radius 1 is 1.28 bits per heavy atom. The molecule has 0 spiro atoms. The monoisotopic (exact) mass is 471 g/mol. The van der Waals surface area contributed by atoms with Gasteiger partial charge in [0.05, 0.1) is 22.1 Å². The van der Waals surface area contributed by atoms with Gasteiger partial charge in [-0.05, 0) is 17.7 Å². The third-order valence-electron chi connectivity index (χ3n) is 4.46. The lowest BCUT2D eigenvalue weighted by Gasteiger charge is -2.08. The molecule has 3 N–H and O–H groups in total. The average molecular weight is 471 g/mol. The van der Waals surface area contributed by atoms with Gasteiger partial charge in [0.1, 0.15) is 16.3 Å². The number of nitrogens with zero attached hydrogens (tertiary/aromatic N) is 3. The van der Waals surface area contributed by atoms with Gasteiger partial charge < -0.3 is 11.2 Å². The fraction of sp³-hybridized carbons (Fsp3) is 0.0500. The molecular formula is C20H14FN5O4S2. The number of nitrogen functional groups attached to an aromatic ring is 1. The summed E-state index contributed by atoms with van der Waals surface area (Å²) >= 11 is 2.19. The smallest absolute Gasteiger partial charge is 0.295 e. The van der Waals surface area contributed by atoms with Crippen LogP contribution in [0.5, 0.6) is 0 Å². The maximum atomic E-state index is 13.3. The number of hydrogen-bond donors (Lipinski definition) is 2. The molecule has 162 valence electrons. The molecule has 0 atom stereocenters. The molecular weight excluding hydrogens is 457 g/mol. The summed E-state index contributed by atoms with van der Waals surface area (Å²) in [6.45, 7) is 0. The molecule has 32 heavy (non-hydrogen) atoms. The van der Waals surface area contributed by atoms with Crippen LogP contribution in [0.25, 0.3) is 21.3 Å². The van der Waals surface area contributed by atoms with E-state index in [-0.39, 0.29) is 16.6 Å². The predicted molar refractivity (Wildman–Crippen MR) is 122 cm³/mol. The molecule has 0 bridgehead atoms. The van der Waals surface area contributed by atoms with Gasteiger partial charge in [-0.25, -0.2) is 14.1 Å². The Morgan fingerprint density at radius 2 is 2.03 bits per heavy atom. The van der Waals surface area contributed by atoms with Crippen molar-refractivity contribution < 1.29 is 14.1 Å². The highest BCUT2D eigenvalue weighted by Gasteiger charge is 2.19. The number of anilines is 1. The number of aromatic nitrogens is 2. The quantitative estimate of drug-likeness (QED) is 0.144. The van der Waals surface area contributed by atoms with Crippen LogP contribution in [0.15, 0.2) is 63.9 Å². The number of carbonyl (C=O) groups excluding carboxylic acids is 1. The normalized spacial score (nSPS) is 10.9. The van der Waals surface area contributed by atoms with Gasteiger partial charge in [0.2, 0.25) is 5.91 Å². The number of thiophene rings is 1. The van der Waals surface area contributed by atoms with Crippen LogP contribution in [0.2, 0.25) is 0 Å². The summed E-state index contributed by atoms with van der Waals surface area (Å²) in [6, 6.07) is 12.2. The molecule has 0 saturated heterocycles. The predicted octanol–water partition coefficient (Wildman–Crippen LogP) is 3.62. The minimum absolute atomic E-state index is 0.118. The fourth-order valence-electron chi connectivity index (χ4n) is 2.99. The Bertz CT molecular complexity index is 1400. The van der Waals surface area contributed by atoms with Gasteiger partial charge in [-0.1, -0.05) is 42.1 Å². The molecule has 0 fully saturated rings. The lowest BCUT2D eigenvalue weighted by Crippen LogP contribution is -2.30. The lowest BCUT2D eigenvalue weighted by molar-refractivity contribution is -0.384. The van der Waals surface area contributed by atoms with E-state index in [2.05, 4.69) is 10.3 Å². The van der Waals surface area contributed by atoms with Gasteiger partial charge in [0.25, 0.3) is 11.2 Å². The molecule has 4 aromatic rings. The second-order valence-corrected chi connectivity index (χ2v) is 8.32. The molecule has 0 aliphatic rings. The van der Waals surface area contributed by atoms with E-state index in [0.29, 0.717) is 10.2 Å². The van der Waals surface area contributed by atoms with Gasteiger partial charge in [0, 0.05) is 10.9 Å². The Labute approximate surface area is 187 Å². The van der Waals surface area contributed by atoms with Crippen LogP contribution in [0.4, 0.5) is 15.8 Å². The number of fused-ring (bicyclic) bond motifs is 1. The van der Waals surface area contributed by atoms with E-state index < -0.39 is 27.9 Å². The third-order valence-corrected chi connectivity index (χ3v) is 6.28. The molecule has 2 aromatic carbocycles. The number of halogens is 1. The SMILES string of the molecule is Nn1c(SCC(=O)Nc2ccc(F)cc2[N+](=O)[O-])nc2scc(-c3ccccc3)c2c1=O. The molecule has 0 unspecified atom stereocenters. The van der Waals surface area contributed by atoms with E-state index in [9.17, 15) is 24.1 Å². The number of benzene rings is 2. The Balaban J connectivity index is 1.56. The minimum Gasteiger partial charge on any atom is -0.334 e. The number of nitro groups is 1. The number of nitrogens with one attached hydrogen (secondary N) is 1.